The van der Waals surface area contributed by atoms with Crippen LogP contribution in [0.5, 0.6) is 11.5 Å². The summed E-state index contributed by atoms with van der Waals surface area (Å²) in [5.74, 6) is 0.616. The molecule has 0 heterocycles. The molecule has 0 saturated carbocycles. The predicted molar refractivity (Wildman–Crippen MR) is 77.1 cm³/mol. The van der Waals surface area contributed by atoms with E-state index < -0.39 is 0 Å². The van der Waals surface area contributed by atoms with Crippen molar-refractivity contribution in [2.24, 2.45) is 0 Å². The third-order valence-corrected chi connectivity index (χ3v) is 3.53. The zero-order chi connectivity index (χ0) is 13.8. The highest BCUT2D eigenvalue weighted by atomic mass is 32.2. The van der Waals surface area contributed by atoms with Gasteiger partial charge in [0.25, 0.3) is 0 Å². The van der Waals surface area contributed by atoms with Crippen LogP contribution in [-0.4, -0.2) is 16.8 Å². The van der Waals surface area contributed by atoms with Gasteiger partial charge in [-0.25, -0.2) is 0 Å². The second-order valence-electron chi connectivity index (χ2n) is 4.36. The molecule has 0 fully saturated rings. The van der Waals surface area contributed by atoms with Crippen molar-refractivity contribution in [3.05, 3.63) is 53.1 Å². The van der Waals surface area contributed by atoms with Crippen molar-refractivity contribution in [2.45, 2.75) is 18.2 Å². The summed E-state index contributed by atoms with van der Waals surface area (Å²) in [5.41, 5.74) is 3.29. The van der Waals surface area contributed by atoms with Gasteiger partial charge in [0.2, 0.25) is 0 Å². The number of aromatic hydroxyl groups is 1. The van der Waals surface area contributed by atoms with Gasteiger partial charge in [0, 0.05) is 16.9 Å². The van der Waals surface area contributed by atoms with Crippen LogP contribution < -0.4 is 4.74 Å². The highest BCUT2D eigenvalue weighted by Gasteiger charge is 2.06. The van der Waals surface area contributed by atoms with E-state index in [4.69, 9.17) is 9.29 Å². The molecule has 0 unspecified atom stereocenters. The van der Waals surface area contributed by atoms with E-state index in [1.54, 1.807) is 12.1 Å². The number of phenolic OH excluding ortho intramolecular Hbond substituents is 1. The van der Waals surface area contributed by atoms with Crippen molar-refractivity contribution in [2.75, 3.05) is 7.11 Å². The highest BCUT2D eigenvalue weighted by Crippen LogP contribution is 2.28. The van der Waals surface area contributed by atoms with Crippen molar-refractivity contribution < 1.29 is 14.4 Å². The molecular formula is C15H16O3S. The molecule has 2 rings (SSSR count). The van der Waals surface area contributed by atoms with Crippen molar-refractivity contribution >= 4 is 12.0 Å². The Bertz CT molecular complexity index is 582. The number of rotatable bonds is 4. The lowest BCUT2D eigenvalue weighted by Crippen LogP contribution is -1.93. The summed E-state index contributed by atoms with van der Waals surface area (Å²) in [6.07, 6.45) is 0.706. The van der Waals surface area contributed by atoms with Crippen molar-refractivity contribution in [1.29, 1.82) is 0 Å². The quantitative estimate of drug-likeness (QED) is 0.832. The van der Waals surface area contributed by atoms with Crippen LogP contribution in [0.2, 0.25) is 0 Å². The third-order valence-electron chi connectivity index (χ3n) is 3.06. The van der Waals surface area contributed by atoms with E-state index in [0.29, 0.717) is 12.2 Å². The number of aryl methyl sites for hydroxylation is 1. The van der Waals surface area contributed by atoms with Crippen molar-refractivity contribution in [1.82, 2.24) is 0 Å². The van der Waals surface area contributed by atoms with Crippen molar-refractivity contribution in [3.63, 3.8) is 0 Å². The third kappa shape index (κ3) is 3.22. The zero-order valence-electron chi connectivity index (χ0n) is 10.9. The normalized spacial score (nSPS) is 10.5. The van der Waals surface area contributed by atoms with Gasteiger partial charge >= 0.3 is 0 Å². The van der Waals surface area contributed by atoms with Gasteiger partial charge in [-0.1, -0.05) is 12.1 Å². The summed E-state index contributed by atoms with van der Waals surface area (Å²) in [6, 6.07) is 11.2. The molecule has 0 spiro atoms. The Morgan fingerprint density at radius 1 is 1.16 bits per heavy atom. The van der Waals surface area contributed by atoms with Crippen LogP contribution in [0.25, 0.3) is 0 Å². The first-order valence-electron chi connectivity index (χ1n) is 5.91. The van der Waals surface area contributed by atoms with Gasteiger partial charge in [0.05, 0.1) is 7.11 Å². The first kappa shape index (κ1) is 13.8. The van der Waals surface area contributed by atoms with Gasteiger partial charge in [-0.05, 0) is 54.3 Å². The van der Waals surface area contributed by atoms with Gasteiger partial charge in [-0.3, -0.25) is 0 Å². The van der Waals surface area contributed by atoms with Crippen LogP contribution >= 0.6 is 12.0 Å². The summed E-state index contributed by atoms with van der Waals surface area (Å²) < 4.78 is 14.1. The highest BCUT2D eigenvalue weighted by molar-refractivity contribution is 7.93. The smallest absolute Gasteiger partial charge is 0.160 e. The summed E-state index contributed by atoms with van der Waals surface area (Å²) in [5, 5.41) is 9.77. The second-order valence-corrected chi connectivity index (χ2v) is 5.02. The number of phenols is 1. The Kier molecular flexibility index (Phi) is 4.35. The lowest BCUT2D eigenvalue weighted by molar-refractivity contribution is 0.373. The van der Waals surface area contributed by atoms with Gasteiger partial charge in [0.15, 0.2) is 11.5 Å². The minimum Gasteiger partial charge on any atom is -0.504 e. The fraction of sp³-hybridized carbons (Fsp3) is 0.200. The van der Waals surface area contributed by atoms with Crippen LogP contribution in [0.15, 0.2) is 41.3 Å². The fourth-order valence-corrected chi connectivity index (χ4v) is 2.28. The van der Waals surface area contributed by atoms with Crippen molar-refractivity contribution in [3.8, 4) is 11.5 Å². The molecule has 3 nitrogen and oxygen atoms in total. The number of methoxy groups -OCH3 is 1. The Hall–Kier alpha value is -1.65. The molecule has 0 bridgehead atoms. The predicted octanol–water partition coefficient (Wildman–Crippen LogP) is 3.87. The molecule has 0 atom stereocenters. The topological polar surface area (TPSA) is 49.7 Å². The monoisotopic (exact) mass is 276 g/mol. The molecule has 0 radical (unpaired) electrons. The van der Waals surface area contributed by atoms with Crippen LogP contribution in [0.3, 0.4) is 0 Å². The Morgan fingerprint density at radius 2 is 1.95 bits per heavy atom. The molecule has 2 aromatic rings. The maximum absolute atomic E-state index is 9.77. The van der Waals surface area contributed by atoms with E-state index >= 15 is 0 Å². The largest absolute Gasteiger partial charge is 0.504 e. The van der Waals surface area contributed by atoms with E-state index in [0.717, 1.165) is 33.6 Å². The molecule has 0 amide bonds. The molecular weight excluding hydrogens is 260 g/mol. The van der Waals surface area contributed by atoms with Crippen LogP contribution in [-0.2, 0) is 6.42 Å². The van der Waals surface area contributed by atoms with Gasteiger partial charge in [-0.15, -0.1) is 0 Å². The average Bonchev–Trinajstić information content (AvgIpc) is 2.41. The molecule has 0 aliphatic carbocycles. The molecule has 0 aromatic heterocycles. The molecule has 19 heavy (non-hydrogen) atoms. The van der Waals surface area contributed by atoms with E-state index in [9.17, 15) is 5.11 Å². The van der Waals surface area contributed by atoms with Gasteiger partial charge in [0.1, 0.15) is 0 Å². The summed E-state index contributed by atoms with van der Waals surface area (Å²) in [6.45, 7) is 2.03. The number of hydrogen-bond acceptors (Lipinski definition) is 4. The SMILES string of the molecule is COc1ccc(Cc2cc(SO)ccc2C)cc1O. The Balaban J connectivity index is 2.28. The van der Waals surface area contributed by atoms with E-state index in [1.165, 1.54) is 7.11 Å². The molecule has 0 aliphatic heterocycles. The summed E-state index contributed by atoms with van der Waals surface area (Å²) in [4.78, 5) is 0.818. The Labute approximate surface area is 117 Å². The average molecular weight is 276 g/mol. The van der Waals surface area contributed by atoms with Gasteiger partial charge in [-0.2, -0.15) is 0 Å². The second kappa shape index (κ2) is 5.99. The Morgan fingerprint density at radius 3 is 2.58 bits per heavy atom. The van der Waals surface area contributed by atoms with Crippen LogP contribution in [0.4, 0.5) is 0 Å². The van der Waals surface area contributed by atoms with Crippen LogP contribution in [0, 0.1) is 6.92 Å². The first-order valence-corrected chi connectivity index (χ1v) is 6.68. The number of hydrogen-bond donors (Lipinski definition) is 2. The van der Waals surface area contributed by atoms with E-state index in [-0.39, 0.29) is 5.75 Å². The fourth-order valence-electron chi connectivity index (χ4n) is 1.96. The van der Waals surface area contributed by atoms with Crippen LogP contribution in [0.1, 0.15) is 16.7 Å². The number of ether oxygens (including phenoxy) is 1. The summed E-state index contributed by atoms with van der Waals surface area (Å²) in [7, 11) is 1.53. The maximum atomic E-state index is 9.77. The molecule has 0 saturated heterocycles. The maximum Gasteiger partial charge on any atom is 0.160 e. The minimum atomic E-state index is 0.144. The molecule has 2 aromatic carbocycles. The zero-order valence-corrected chi connectivity index (χ0v) is 11.7. The summed E-state index contributed by atoms with van der Waals surface area (Å²) >= 11 is 0.742. The van der Waals surface area contributed by atoms with Gasteiger partial charge < -0.3 is 14.4 Å². The standard InChI is InChI=1S/C15H16O3S/c1-10-3-5-13(19-17)9-12(10)7-11-4-6-15(18-2)14(16)8-11/h3-6,8-9,16-17H,7H2,1-2H3. The van der Waals surface area contributed by atoms with E-state index in [2.05, 4.69) is 0 Å². The molecule has 4 heteroatoms. The molecule has 100 valence electrons. The molecule has 2 N–H and O–H groups in total. The first-order chi connectivity index (χ1) is 9.13. The number of benzene rings is 2. The minimum absolute atomic E-state index is 0.144. The lowest BCUT2D eigenvalue weighted by Gasteiger charge is -2.09. The van der Waals surface area contributed by atoms with E-state index in [1.807, 2.05) is 31.2 Å². The molecule has 0 aliphatic rings. The lowest BCUT2D eigenvalue weighted by atomic mass is 10.0.